The number of alkyl halides is 2. The minimum atomic E-state index is -2.46. The second kappa shape index (κ2) is 8.92. The third kappa shape index (κ3) is 6.71. The number of halogens is 4. The Hall–Kier alpha value is -0.750. The number of piperidine rings is 1. The van der Waals surface area contributed by atoms with Crippen molar-refractivity contribution < 1.29 is 17.9 Å². The Bertz CT molecular complexity index is 489. The molecule has 23 heavy (non-hydrogen) atoms. The number of unbranched alkanes of at least 4 members (excludes halogenated alkanes) is 3. The molecule has 0 unspecified atom stereocenters. The van der Waals surface area contributed by atoms with Crippen LogP contribution in [-0.4, -0.2) is 37.1 Å². The first-order valence-corrected chi connectivity index (χ1v) is 8.94. The lowest BCUT2D eigenvalue weighted by Crippen LogP contribution is -2.39. The highest BCUT2D eigenvalue weighted by atomic mass is 79.9. The zero-order valence-corrected chi connectivity index (χ0v) is 14.8. The molecule has 0 N–H and O–H groups in total. The number of hydrogen-bond acceptors (Lipinski definition) is 2. The normalized spacial score (nSPS) is 18.1. The Morgan fingerprint density at radius 1 is 1.09 bits per heavy atom. The molecule has 1 aromatic rings. The van der Waals surface area contributed by atoms with Crippen LogP contribution in [0.15, 0.2) is 22.7 Å². The number of hydrogen-bond donors (Lipinski definition) is 0. The minimum absolute atomic E-state index is 0.00934. The summed E-state index contributed by atoms with van der Waals surface area (Å²) in [6.07, 6.45) is 4.01. The summed E-state index contributed by atoms with van der Waals surface area (Å²) >= 11 is 3.10. The smallest absolute Gasteiger partial charge is 0.250 e. The molecule has 0 saturated carbocycles. The quantitative estimate of drug-likeness (QED) is 0.558. The maximum atomic E-state index is 13.3. The monoisotopic (exact) mass is 393 g/mol. The van der Waals surface area contributed by atoms with E-state index in [-0.39, 0.29) is 18.7 Å². The molecular weight excluding hydrogens is 371 g/mol. The van der Waals surface area contributed by atoms with E-state index in [1.54, 1.807) is 12.1 Å². The number of likely N-dealkylation sites (tertiary alicyclic amines) is 1. The van der Waals surface area contributed by atoms with Crippen LogP contribution in [0.25, 0.3) is 0 Å². The Balaban J connectivity index is 1.49. The van der Waals surface area contributed by atoms with E-state index in [0.717, 1.165) is 32.2 Å². The molecule has 2 rings (SSSR count). The summed E-state index contributed by atoms with van der Waals surface area (Å²) in [6, 6.07) is 4.74. The van der Waals surface area contributed by atoms with Gasteiger partial charge in [-0.15, -0.1) is 0 Å². The average molecular weight is 394 g/mol. The molecule has 1 aromatic carbocycles. The van der Waals surface area contributed by atoms with Crippen molar-refractivity contribution in [3.8, 4) is 5.75 Å². The van der Waals surface area contributed by atoms with Gasteiger partial charge in [0, 0.05) is 32.0 Å². The van der Waals surface area contributed by atoms with Gasteiger partial charge >= 0.3 is 0 Å². The largest absolute Gasteiger partial charge is 0.493 e. The van der Waals surface area contributed by atoms with Crippen LogP contribution in [0.2, 0.25) is 0 Å². The van der Waals surface area contributed by atoms with Crippen molar-refractivity contribution in [1.82, 2.24) is 4.90 Å². The van der Waals surface area contributed by atoms with Crippen molar-refractivity contribution in [2.45, 2.75) is 44.4 Å². The number of rotatable bonds is 8. The molecule has 0 aliphatic carbocycles. The van der Waals surface area contributed by atoms with Gasteiger partial charge in [0.25, 0.3) is 5.92 Å². The van der Waals surface area contributed by atoms with E-state index in [4.69, 9.17) is 4.74 Å². The summed E-state index contributed by atoms with van der Waals surface area (Å²) in [5.41, 5.74) is 0. The number of ether oxygens (including phenoxy) is 1. The van der Waals surface area contributed by atoms with Crippen molar-refractivity contribution in [1.29, 1.82) is 0 Å². The second-order valence-corrected chi connectivity index (χ2v) is 6.89. The standard InChI is InChI=1S/C17H23BrF3NO/c18-15-6-5-14(13-16(15)19)23-12-4-2-1-3-9-22-10-7-17(20,21)8-11-22/h5-6,13H,1-4,7-12H2. The molecule has 1 aliphatic rings. The minimum Gasteiger partial charge on any atom is -0.493 e. The van der Waals surface area contributed by atoms with E-state index < -0.39 is 5.92 Å². The Morgan fingerprint density at radius 2 is 1.78 bits per heavy atom. The third-order valence-electron chi connectivity index (χ3n) is 4.12. The molecule has 0 spiro atoms. The molecule has 0 amide bonds. The lowest BCUT2D eigenvalue weighted by Gasteiger charge is -2.31. The fourth-order valence-corrected chi connectivity index (χ4v) is 2.90. The average Bonchev–Trinajstić information content (AvgIpc) is 2.51. The Labute approximate surface area is 144 Å². The first-order chi connectivity index (χ1) is 11.0. The van der Waals surface area contributed by atoms with E-state index >= 15 is 0 Å². The van der Waals surface area contributed by atoms with Crippen LogP contribution < -0.4 is 4.74 Å². The maximum absolute atomic E-state index is 13.3. The van der Waals surface area contributed by atoms with Gasteiger partial charge in [-0.05, 0) is 47.4 Å². The molecule has 0 radical (unpaired) electrons. The SMILES string of the molecule is Fc1cc(OCCCCCCN2CCC(F)(F)CC2)ccc1Br. The number of benzene rings is 1. The summed E-state index contributed by atoms with van der Waals surface area (Å²) in [5.74, 6) is -2.24. The molecule has 6 heteroatoms. The lowest BCUT2D eigenvalue weighted by molar-refractivity contribution is -0.0552. The molecule has 2 nitrogen and oxygen atoms in total. The van der Waals surface area contributed by atoms with Crippen LogP contribution in [0.4, 0.5) is 13.2 Å². The van der Waals surface area contributed by atoms with Crippen LogP contribution >= 0.6 is 15.9 Å². The first kappa shape index (κ1) is 18.6. The lowest BCUT2D eigenvalue weighted by atomic mass is 10.1. The van der Waals surface area contributed by atoms with Crippen LogP contribution in [0, 0.1) is 5.82 Å². The highest BCUT2D eigenvalue weighted by Crippen LogP contribution is 2.27. The van der Waals surface area contributed by atoms with Gasteiger partial charge in [-0.1, -0.05) is 12.8 Å². The highest BCUT2D eigenvalue weighted by molar-refractivity contribution is 9.10. The molecule has 0 aromatic heterocycles. The predicted octanol–water partition coefficient (Wildman–Crippen LogP) is 5.26. The van der Waals surface area contributed by atoms with Crippen molar-refractivity contribution in [3.05, 3.63) is 28.5 Å². The van der Waals surface area contributed by atoms with Gasteiger partial charge < -0.3 is 9.64 Å². The van der Waals surface area contributed by atoms with Crippen LogP contribution in [0.1, 0.15) is 38.5 Å². The first-order valence-electron chi connectivity index (χ1n) is 8.14. The third-order valence-corrected chi connectivity index (χ3v) is 4.76. The summed E-state index contributed by atoms with van der Waals surface area (Å²) in [4.78, 5) is 2.12. The summed E-state index contributed by atoms with van der Waals surface area (Å²) in [5, 5.41) is 0. The van der Waals surface area contributed by atoms with Crippen molar-refractivity contribution in [3.63, 3.8) is 0 Å². The molecule has 1 fully saturated rings. The zero-order valence-electron chi connectivity index (χ0n) is 13.2. The Morgan fingerprint density at radius 3 is 2.48 bits per heavy atom. The molecule has 130 valence electrons. The molecule has 0 atom stereocenters. The van der Waals surface area contributed by atoms with Crippen molar-refractivity contribution in [2.24, 2.45) is 0 Å². The summed E-state index contributed by atoms with van der Waals surface area (Å²) in [6.45, 7) is 2.47. The van der Waals surface area contributed by atoms with E-state index in [2.05, 4.69) is 20.8 Å². The maximum Gasteiger partial charge on any atom is 0.250 e. The fraction of sp³-hybridized carbons (Fsp3) is 0.647. The van der Waals surface area contributed by atoms with Gasteiger partial charge in [0.2, 0.25) is 0 Å². The molecule has 0 bridgehead atoms. The predicted molar refractivity (Wildman–Crippen MR) is 88.7 cm³/mol. The molecular formula is C17H23BrF3NO. The van der Waals surface area contributed by atoms with Crippen LogP contribution in [-0.2, 0) is 0 Å². The van der Waals surface area contributed by atoms with Gasteiger partial charge in [0.15, 0.2) is 0 Å². The van der Waals surface area contributed by atoms with Gasteiger partial charge in [-0.2, -0.15) is 0 Å². The molecule has 1 aliphatic heterocycles. The van der Waals surface area contributed by atoms with Crippen LogP contribution in [0.5, 0.6) is 5.75 Å². The molecule has 1 saturated heterocycles. The van der Waals surface area contributed by atoms with E-state index in [1.807, 2.05) is 0 Å². The van der Waals surface area contributed by atoms with Gasteiger partial charge in [0.1, 0.15) is 11.6 Å². The zero-order chi connectivity index (χ0) is 16.7. The summed E-state index contributed by atoms with van der Waals surface area (Å²) in [7, 11) is 0. The second-order valence-electron chi connectivity index (χ2n) is 6.04. The van der Waals surface area contributed by atoms with E-state index in [0.29, 0.717) is 29.9 Å². The van der Waals surface area contributed by atoms with Crippen molar-refractivity contribution in [2.75, 3.05) is 26.2 Å². The van der Waals surface area contributed by atoms with Crippen LogP contribution in [0.3, 0.4) is 0 Å². The van der Waals surface area contributed by atoms with Crippen molar-refractivity contribution >= 4 is 15.9 Å². The Kier molecular flexibility index (Phi) is 7.21. The van der Waals surface area contributed by atoms with Gasteiger partial charge in [-0.3, -0.25) is 0 Å². The number of nitrogens with zero attached hydrogens (tertiary/aromatic N) is 1. The van der Waals surface area contributed by atoms with Gasteiger partial charge in [0.05, 0.1) is 11.1 Å². The topological polar surface area (TPSA) is 12.5 Å². The highest BCUT2D eigenvalue weighted by Gasteiger charge is 2.33. The van der Waals surface area contributed by atoms with E-state index in [1.165, 1.54) is 6.07 Å². The van der Waals surface area contributed by atoms with E-state index in [9.17, 15) is 13.2 Å². The molecule has 1 heterocycles. The summed E-state index contributed by atoms with van der Waals surface area (Å²) < 4.78 is 45.3. The fourth-order valence-electron chi connectivity index (χ4n) is 2.65. The van der Waals surface area contributed by atoms with Gasteiger partial charge in [-0.25, -0.2) is 13.2 Å².